The number of urea groups is 1. The van der Waals surface area contributed by atoms with E-state index in [1.165, 1.54) is 24.0 Å². The lowest BCUT2D eigenvalue weighted by molar-refractivity contribution is -0.136. The molecule has 2 aromatic carbocycles. The molecule has 1 aliphatic rings. The fraction of sp³-hybridized carbons (Fsp3) is 0.238. The Morgan fingerprint density at radius 1 is 1.03 bits per heavy atom. The van der Waals surface area contributed by atoms with E-state index in [0.29, 0.717) is 12.2 Å². The van der Waals surface area contributed by atoms with E-state index in [9.17, 15) is 19.2 Å². The van der Waals surface area contributed by atoms with Crippen molar-refractivity contribution < 1.29 is 23.9 Å². The van der Waals surface area contributed by atoms with Gasteiger partial charge in [0.1, 0.15) is 0 Å². The van der Waals surface area contributed by atoms with Crippen LogP contribution in [-0.4, -0.2) is 55.0 Å². The monoisotopic (exact) mass is 395 g/mol. The van der Waals surface area contributed by atoms with Crippen LogP contribution in [0.15, 0.2) is 54.6 Å². The molecule has 1 saturated heterocycles. The lowest BCUT2D eigenvalue weighted by Crippen LogP contribution is -2.42. The molecular weight excluding hydrogens is 374 g/mol. The maximum Gasteiger partial charge on any atom is 0.339 e. The number of rotatable bonds is 5. The zero-order valence-electron chi connectivity index (χ0n) is 16.1. The smallest absolute Gasteiger partial charge is 0.339 e. The van der Waals surface area contributed by atoms with Gasteiger partial charge in [-0.15, -0.1) is 0 Å². The standard InChI is InChI=1S/C21H21N3O5/c1-14(18(25)24-13-12-22-21(24)28)29-20(27)17-11-7-6-10-16(17)19(26)23(2)15-8-4-3-5-9-15/h3-11,14H,12-13H2,1-2H3,(H,22,28)/t14-/m1/s1. The number of benzene rings is 2. The van der Waals surface area contributed by atoms with Gasteiger partial charge in [-0.2, -0.15) is 0 Å². The van der Waals surface area contributed by atoms with E-state index in [2.05, 4.69) is 5.32 Å². The molecule has 1 aliphatic heterocycles. The fourth-order valence-electron chi connectivity index (χ4n) is 2.97. The van der Waals surface area contributed by atoms with Gasteiger partial charge in [0.05, 0.1) is 11.1 Å². The highest BCUT2D eigenvalue weighted by Crippen LogP contribution is 2.19. The van der Waals surface area contributed by atoms with Crippen LogP contribution in [0.2, 0.25) is 0 Å². The second-order valence-electron chi connectivity index (χ2n) is 6.51. The van der Waals surface area contributed by atoms with Gasteiger partial charge >= 0.3 is 12.0 Å². The van der Waals surface area contributed by atoms with Crippen LogP contribution in [0.3, 0.4) is 0 Å². The van der Waals surface area contributed by atoms with Crippen molar-refractivity contribution in [3.8, 4) is 0 Å². The molecule has 0 radical (unpaired) electrons. The number of esters is 1. The van der Waals surface area contributed by atoms with Crippen molar-refractivity contribution in [2.45, 2.75) is 13.0 Å². The second kappa shape index (κ2) is 8.55. The predicted molar refractivity (Wildman–Crippen MR) is 106 cm³/mol. The van der Waals surface area contributed by atoms with Gasteiger partial charge in [0.2, 0.25) is 0 Å². The molecule has 1 fully saturated rings. The number of carbonyl (C=O) groups excluding carboxylic acids is 4. The number of amides is 4. The number of nitrogens with one attached hydrogen (secondary N) is 1. The molecule has 8 nitrogen and oxygen atoms in total. The van der Waals surface area contributed by atoms with Crippen LogP contribution in [0.1, 0.15) is 27.6 Å². The van der Waals surface area contributed by atoms with Gasteiger partial charge in [0.15, 0.2) is 6.10 Å². The molecule has 29 heavy (non-hydrogen) atoms. The minimum Gasteiger partial charge on any atom is -0.449 e. The van der Waals surface area contributed by atoms with Gasteiger partial charge in [0, 0.05) is 25.8 Å². The van der Waals surface area contributed by atoms with Crippen molar-refractivity contribution in [2.75, 3.05) is 25.0 Å². The van der Waals surface area contributed by atoms with E-state index in [-0.39, 0.29) is 23.6 Å². The molecular formula is C21H21N3O5. The number of para-hydroxylation sites is 1. The average molecular weight is 395 g/mol. The van der Waals surface area contributed by atoms with Crippen LogP contribution in [0.4, 0.5) is 10.5 Å². The zero-order chi connectivity index (χ0) is 21.0. The molecule has 0 spiro atoms. The van der Waals surface area contributed by atoms with Crippen LogP contribution >= 0.6 is 0 Å². The highest BCUT2D eigenvalue weighted by atomic mass is 16.5. The first-order valence-electron chi connectivity index (χ1n) is 9.12. The number of nitrogens with zero attached hydrogens (tertiary/aromatic N) is 2. The summed E-state index contributed by atoms with van der Waals surface area (Å²) < 4.78 is 5.25. The van der Waals surface area contributed by atoms with Crippen LogP contribution in [0, 0.1) is 0 Å². The summed E-state index contributed by atoms with van der Waals surface area (Å²) >= 11 is 0. The van der Waals surface area contributed by atoms with E-state index in [4.69, 9.17) is 4.74 Å². The summed E-state index contributed by atoms with van der Waals surface area (Å²) in [6.45, 7) is 1.97. The number of carbonyl (C=O) groups is 4. The highest BCUT2D eigenvalue weighted by molar-refractivity contribution is 6.12. The van der Waals surface area contributed by atoms with E-state index < -0.39 is 24.0 Å². The summed E-state index contributed by atoms with van der Waals surface area (Å²) in [5, 5.41) is 2.52. The second-order valence-corrected chi connectivity index (χ2v) is 6.51. The van der Waals surface area contributed by atoms with Gasteiger partial charge in [0.25, 0.3) is 11.8 Å². The quantitative estimate of drug-likeness (QED) is 0.782. The molecule has 0 aliphatic carbocycles. The van der Waals surface area contributed by atoms with Crippen LogP contribution in [0.5, 0.6) is 0 Å². The topological polar surface area (TPSA) is 96.0 Å². The predicted octanol–water partition coefficient (Wildman–Crippen LogP) is 2.06. The van der Waals surface area contributed by atoms with Crippen LogP contribution in [-0.2, 0) is 9.53 Å². The number of ether oxygens (including phenoxy) is 1. The largest absolute Gasteiger partial charge is 0.449 e. The first-order valence-corrected chi connectivity index (χ1v) is 9.12. The molecule has 2 aromatic rings. The molecule has 0 bridgehead atoms. The Bertz CT molecular complexity index is 944. The zero-order valence-corrected chi connectivity index (χ0v) is 16.1. The molecule has 0 unspecified atom stereocenters. The molecule has 1 atom stereocenters. The third-order valence-electron chi connectivity index (χ3n) is 4.58. The van der Waals surface area contributed by atoms with Crippen LogP contribution in [0.25, 0.3) is 0 Å². The molecule has 4 amide bonds. The highest BCUT2D eigenvalue weighted by Gasteiger charge is 2.32. The lowest BCUT2D eigenvalue weighted by Gasteiger charge is -2.20. The normalized spacial score (nSPS) is 14.1. The summed E-state index contributed by atoms with van der Waals surface area (Å²) in [6, 6.07) is 14.7. The number of imide groups is 1. The third-order valence-corrected chi connectivity index (χ3v) is 4.58. The molecule has 0 aromatic heterocycles. The van der Waals surface area contributed by atoms with Gasteiger partial charge in [-0.25, -0.2) is 9.59 Å². The van der Waals surface area contributed by atoms with Gasteiger partial charge < -0.3 is 15.0 Å². The SMILES string of the molecule is C[C@@H](OC(=O)c1ccccc1C(=O)N(C)c1ccccc1)C(=O)N1CCNC1=O. The van der Waals surface area contributed by atoms with Crippen molar-refractivity contribution >= 4 is 29.5 Å². The fourth-order valence-corrected chi connectivity index (χ4v) is 2.97. The lowest BCUT2D eigenvalue weighted by atomic mass is 10.1. The number of hydrogen-bond acceptors (Lipinski definition) is 5. The molecule has 1 N–H and O–H groups in total. The molecule has 0 saturated carbocycles. The van der Waals surface area contributed by atoms with E-state index >= 15 is 0 Å². The maximum atomic E-state index is 12.9. The van der Waals surface area contributed by atoms with Crippen molar-refractivity contribution in [3.05, 3.63) is 65.7 Å². The minimum absolute atomic E-state index is 0.0470. The first kappa shape index (κ1) is 20.1. The third kappa shape index (κ3) is 4.26. The number of hydrogen-bond donors (Lipinski definition) is 1. The van der Waals surface area contributed by atoms with Gasteiger partial charge in [-0.1, -0.05) is 30.3 Å². The Hall–Kier alpha value is -3.68. The van der Waals surface area contributed by atoms with E-state index in [1.54, 1.807) is 43.4 Å². The summed E-state index contributed by atoms with van der Waals surface area (Å²) in [4.78, 5) is 52.0. The molecule has 3 rings (SSSR count). The molecule has 1 heterocycles. The first-order chi connectivity index (χ1) is 13.9. The Kier molecular flexibility index (Phi) is 5.92. The average Bonchev–Trinajstić information content (AvgIpc) is 3.18. The van der Waals surface area contributed by atoms with E-state index in [0.717, 1.165) is 4.90 Å². The minimum atomic E-state index is -1.17. The van der Waals surface area contributed by atoms with Crippen molar-refractivity contribution in [3.63, 3.8) is 0 Å². The summed E-state index contributed by atoms with van der Waals surface area (Å²) in [7, 11) is 1.61. The Morgan fingerprint density at radius 2 is 1.66 bits per heavy atom. The Labute approximate surface area is 168 Å². The Morgan fingerprint density at radius 3 is 2.28 bits per heavy atom. The van der Waals surface area contributed by atoms with Crippen molar-refractivity contribution in [1.82, 2.24) is 10.2 Å². The Balaban J connectivity index is 1.77. The van der Waals surface area contributed by atoms with E-state index in [1.807, 2.05) is 6.07 Å². The van der Waals surface area contributed by atoms with Crippen molar-refractivity contribution in [2.24, 2.45) is 0 Å². The van der Waals surface area contributed by atoms with Crippen molar-refractivity contribution in [1.29, 1.82) is 0 Å². The summed E-state index contributed by atoms with van der Waals surface area (Å²) in [6.07, 6.45) is -1.17. The van der Waals surface area contributed by atoms with Gasteiger partial charge in [-0.05, 0) is 31.2 Å². The molecule has 8 heteroatoms. The molecule has 150 valence electrons. The van der Waals surface area contributed by atoms with Crippen LogP contribution < -0.4 is 10.2 Å². The van der Waals surface area contributed by atoms with Gasteiger partial charge in [-0.3, -0.25) is 14.5 Å². The summed E-state index contributed by atoms with van der Waals surface area (Å²) in [5.41, 5.74) is 0.873. The maximum absolute atomic E-state index is 12.9. The summed E-state index contributed by atoms with van der Waals surface area (Å²) in [5.74, 6) is -1.81. The number of anilines is 1.